The van der Waals surface area contributed by atoms with Gasteiger partial charge in [-0.05, 0) is 25.5 Å². The molecule has 0 spiro atoms. The monoisotopic (exact) mass is 237 g/mol. The Kier molecular flexibility index (Phi) is 4.27. The van der Waals surface area contributed by atoms with Gasteiger partial charge in [0.1, 0.15) is 11.2 Å². The lowest BCUT2D eigenvalue weighted by Gasteiger charge is -2.07. The van der Waals surface area contributed by atoms with Crippen molar-refractivity contribution in [1.29, 1.82) is 5.26 Å². The summed E-state index contributed by atoms with van der Waals surface area (Å²) in [4.78, 5) is 15.7. The van der Waals surface area contributed by atoms with Crippen LogP contribution in [-0.4, -0.2) is 16.9 Å². The maximum atomic E-state index is 11.7. The molecule has 0 bridgehead atoms. The minimum atomic E-state index is -0.524. The number of carbonyl (C=O) groups excluding carboxylic acids is 1. The number of hydrogen-bond acceptors (Lipinski definition) is 3. The Labute approximate surface area is 99.2 Å². The first-order chi connectivity index (χ1) is 7.56. The summed E-state index contributed by atoms with van der Waals surface area (Å²) in [6.45, 7) is 3.54. The van der Waals surface area contributed by atoms with E-state index in [0.717, 1.165) is 5.69 Å². The molecule has 1 amide bonds. The first-order valence-corrected chi connectivity index (χ1v) is 5.31. The number of nitrogens with one attached hydrogen (secondary N) is 1. The number of nitriles is 1. The molecule has 1 N–H and O–H groups in total. The van der Waals surface area contributed by atoms with Gasteiger partial charge in [-0.25, -0.2) is 4.98 Å². The quantitative estimate of drug-likeness (QED) is 0.817. The number of aryl methyl sites for hydroxylation is 1. The van der Waals surface area contributed by atoms with Crippen molar-refractivity contribution >= 4 is 17.5 Å². The van der Waals surface area contributed by atoms with Gasteiger partial charge in [0.15, 0.2) is 0 Å². The topological polar surface area (TPSA) is 65.8 Å². The summed E-state index contributed by atoms with van der Waals surface area (Å²) in [7, 11) is 0. The summed E-state index contributed by atoms with van der Waals surface area (Å²) in [5.74, 6) is -0.312. The van der Waals surface area contributed by atoms with Gasteiger partial charge in [0.05, 0.1) is 6.07 Å². The minimum Gasteiger partial charge on any atom is -0.337 e. The molecule has 1 aromatic heterocycles. The lowest BCUT2D eigenvalue weighted by atomic mass is 10.2. The van der Waals surface area contributed by atoms with E-state index in [4.69, 9.17) is 16.9 Å². The van der Waals surface area contributed by atoms with E-state index in [1.165, 1.54) is 6.07 Å². The second-order valence-electron chi connectivity index (χ2n) is 3.35. The van der Waals surface area contributed by atoms with Gasteiger partial charge >= 0.3 is 0 Å². The van der Waals surface area contributed by atoms with Gasteiger partial charge in [0, 0.05) is 11.3 Å². The van der Waals surface area contributed by atoms with Crippen molar-refractivity contribution in [2.45, 2.75) is 26.3 Å². The summed E-state index contributed by atoms with van der Waals surface area (Å²) in [6, 6.07) is 4.56. The highest BCUT2D eigenvalue weighted by molar-refractivity contribution is 6.29. The molecule has 0 fully saturated rings. The molecule has 84 valence electrons. The van der Waals surface area contributed by atoms with E-state index in [1.807, 2.05) is 13.0 Å². The normalized spacial score (nSPS) is 11.6. The highest BCUT2D eigenvalue weighted by Crippen LogP contribution is 2.11. The largest absolute Gasteiger partial charge is 0.337 e. The van der Waals surface area contributed by atoms with Gasteiger partial charge < -0.3 is 5.32 Å². The van der Waals surface area contributed by atoms with E-state index in [2.05, 4.69) is 10.3 Å². The van der Waals surface area contributed by atoms with Crippen LogP contribution in [0.5, 0.6) is 0 Å². The fourth-order valence-electron chi connectivity index (χ4n) is 1.18. The van der Waals surface area contributed by atoms with E-state index in [9.17, 15) is 4.79 Å². The van der Waals surface area contributed by atoms with Crippen LogP contribution in [0.4, 0.5) is 0 Å². The number of nitrogens with zero attached hydrogens (tertiary/aromatic N) is 2. The molecule has 0 aliphatic carbocycles. The van der Waals surface area contributed by atoms with Gasteiger partial charge in [0.2, 0.25) is 0 Å². The maximum absolute atomic E-state index is 11.7. The molecule has 1 unspecified atom stereocenters. The van der Waals surface area contributed by atoms with Crippen molar-refractivity contribution in [3.05, 3.63) is 28.5 Å². The zero-order valence-electron chi connectivity index (χ0n) is 9.12. The Balaban J connectivity index is 2.91. The Morgan fingerprint density at radius 3 is 2.94 bits per heavy atom. The molecule has 1 heterocycles. The summed E-state index contributed by atoms with van der Waals surface area (Å²) in [6.07, 6.45) is 0.703. The van der Waals surface area contributed by atoms with Crippen LogP contribution in [0.2, 0.25) is 5.15 Å². The van der Waals surface area contributed by atoms with Crippen molar-refractivity contribution < 1.29 is 4.79 Å². The number of amides is 1. The molecule has 1 rings (SSSR count). The molecule has 0 saturated carbocycles. The zero-order chi connectivity index (χ0) is 12.1. The van der Waals surface area contributed by atoms with Gasteiger partial charge in [-0.1, -0.05) is 18.5 Å². The van der Waals surface area contributed by atoms with E-state index in [0.29, 0.717) is 12.0 Å². The average molecular weight is 238 g/mol. The molecular formula is C11H12ClN3O. The number of hydrogen-bond donors (Lipinski definition) is 1. The number of halogens is 1. The zero-order valence-corrected chi connectivity index (χ0v) is 9.88. The van der Waals surface area contributed by atoms with Crippen molar-refractivity contribution in [2.75, 3.05) is 0 Å². The van der Waals surface area contributed by atoms with Crippen molar-refractivity contribution in [2.24, 2.45) is 0 Å². The standard InChI is InChI=1S/C11H12ClN3O/c1-3-9-4-8(5-10(12)15-9)11(16)14-7(2)6-13/h4-5,7H,3H2,1-2H3,(H,14,16). The van der Waals surface area contributed by atoms with Gasteiger partial charge in [-0.3, -0.25) is 4.79 Å². The summed E-state index contributed by atoms with van der Waals surface area (Å²) in [5, 5.41) is 11.4. The SMILES string of the molecule is CCc1cc(C(=O)NC(C)C#N)cc(Cl)n1. The smallest absolute Gasteiger partial charge is 0.252 e. The fraction of sp³-hybridized carbons (Fsp3) is 0.364. The molecule has 0 radical (unpaired) electrons. The van der Waals surface area contributed by atoms with Crippen molar-refractivity contribution in [1.82, 2.24) is 10.3 Å². The van der Waals surface area contributed by atoms with Crippen LogP contribution in [-0.2, 0) is 6.42 Å². The van der Waals surface area contributed by atoms with Crippen LogP contribution in [0.15, 0.2) is 12.1 Å². The third-order valence-corrected chi connectivity index (χ3v) is 2.21. The van der Waals surface area contributed by atoms with Crippen LogP contribution in [0, 0.1) is 11.3 Å². The van der Waals surface area contributed by atoms with Gasteiger partial charge in [-0.15, -0.1) is 0 Å². The Bertz CT molecular complexity index is 439. The highest BCUT2D eigenvalue weighted by Gasteiger charge is 2.11. The first kappa shape index (κ1) is 12.5. The van der Waals surface area contributed by atoms with Gasteiger partial charge in [0.25, 0.3) is 5.91 Å². The Morgan fingerprint density at radius 2 is 2.38 bits per heavy atom. The molecule has 0 saturated heterocycles. The third-order valence-electron chi connectivity index (χ3n) is 2.01. The molecule has 0 aromatic carbocycles. The van der Waals surface area contributed by atoms with Crippen LogP contribution in [0.1, 0.15) is 29.9 Å². The molecular weight excluding hydrogens is 226 g/mol. The Morgan fingerprint density at radius 1 is 1.69 bits per heavy atom. The average Bonchev–Trinajstić information content (AvgIpc) is 2.27. The molecule has 5 heteroatoms. The van der Waals surface area contributed by atoms with E-state index in [-0.39, 0.29) is 11.1 Å². The second kappa shape index (κ2) is 5.47. The van der Waals surface area contributed by atoms with Crippen LogP contribution < -0.4 is 5.32 Å². The summed E-state index contributed by atoms with van der Waals surface area (Å²) in [5.41, 5.74) is 1.18. The number of aromatic nitrogens is 1. The van der Waals surface area contributed by atoms with E-state index < -0.39 is 6.04 Å². The summed E-state index contributed by atoms with van der Waals surface area (Å²) < 4.78 is 0. The predicted molar refractivity (Wildman–Crippen MR) is 61.2 cm³/mol. The third kappa shape index (κ3) is 3.21. The van der Waals surface area contributed by atoms with E-state index >= 15 is 0 Å². The first-order valence-electron chi connectivity index (χ1n) is 4.93. The minimum absolute atomic E-state index is 0.286. The molecule has 1 aromatic rings. The number of carbonyl (C=O) groups is 1. The predicted octanol–water partition coefficient (Wildman–Crippen LogP) is 1.94. The van der Waals surface area contributed by atoms with Crippen molar-refractivity contribution in [3.8, 4) is 6.07 Å². The fourth-order valence-corrected chi connectivity index (χ4v) is 1.40. The second-order valence-corrected chi connectivity index (χ2v) is 3.73. The lowest BCUT2D eigenvalue weighted by Crippen LogP contribution is -2.31. The maximum Gasteiger partial charge on any atom is 0.252 e. The number of pyridine rings is 1. The van der Waals surface area contributed by atoms with E-state index in [1.54, 1.807) is 13.0 Å². The molecule has 1 atom stereocenters. The van der Waals surface area contributed by atoms with Crippen LogP contribution in [0.25, 0.3) is 0 Å². The molecule has 4 nitrogen and oxygen atoms in total. The Hall–Kier alpha value is -1.60. The van der Waals surface area contributed by atoms with Crippen molar-refractivity contribution in [3.63, 3.8) is 0 Å². The van der Waals surface area contributed by atoms with Gasteiger partial charge in [-0.2, -0.15) is 5.26 Å². The molecule has 0 aliphatic rings. The highest BCUT2D eigenvalue weighted by atomic mass is 35.5. The summed E-state index contributed by atoms with van der Waals surface area (Å²) >= 11 is 5.79. The van der Waals surface area contributed by atoms with Crippen LogP contribution in [0.3, 0.4) is 0 Å². The molecule has 0 aliphatic heterocycles. The van der Waals surface area contributed by atoms with Crippen LogP contribution >= 0.6 is 11.6 Å². The lowest BCUT2D eigenvalue weighted by molar-refractivity contribution is 0.0947. The number of rotatable bonds is 3. The molecule has 16 heavy (non-hydrogen) atoms.